The van der Waals surface area contributed by atoms with Crippen LogP contribution in [0.15, 0.2) is 158 Å². The highest BCUT2D eigenvalue weighted by Gasteiger charge is 2.32. The SMILES string of the molecule is CC(C)(C)c1cc(-[n+]2[c-]n(-c3cc(Oc4ccc5c6cc(C(C)(C)C)ccc6n(-c6cc(C(C)(C)C)ccn6)c5c4)cc(C(C)(C)c4ccccc4)c3)cc2C(C)(C)c2ccccc2)cc(C(C)(C)C)c1. The molecule has 9 rings (SSSR count). The average molecular weight is 939 g/mol. The molecule has 0 saturated heterocycles. The molecule has 0 N–H and O–H groups in total. The smallest absolute Gasteiger partial charge is 0.269 e. The van der Waals surface area contributed by atoms with Crippen molar-refractivity contribution in [1.82, 2.24) is 14.1 Å². The van der Waals surface area contributed by atoms with E-state index in [1.54, 1.807) is 0 Å². The summed E-state index contributed by atoms with van der Waals surface area (Å²) in [6.07, 6.45) is 8.14. The van der Waals surface area contributed by atoms with E-state index < -0.39 is 0 Å². The second-order valence-corrected chi connectivity index (χ2v) is 25.0. The van der Waals surface area contributed by atoms with Gasteiger partial charge in [-0.1, -0.05) is 184 Å². The van der Waals surface area contributed by atoms with Gasteiger partial charge in [-0.05, 0) is 127 Å². The Morgan fingerprint density at radius 1 is 0.437 bits per heavy atom. The first-order valence-corrected chi connectivity index (χ1v) is 25.4. The molecule has 0 amide bonds. The number of imidazole rings is 1. The Bertz CT molecular complexity index is 3380. The zero-order valence-corrected chi connectivity index (χ0v) is 45.2. The first-order chi connectivity index (χ1) is 33.2. The van der Waals surface area contributed by atoms with Crippen molar-refractivity contribution >= 4 is 21.8 Å². The van der Waals surface area contributed by atoms with Crippen LogP contribution in [0.5, 0.6) is 11.5 Å². The van der Waals surface area contributed by atoms with E-state index in [9.17, 15) is 0 Å². The van der Waals surface area contributed by atoms with Crippen LogP contribution in [0.1, 0.15) is 155 Å². The number of benzene rings is 6. The molecule has 0 aliphatic carbocycles. The third kappa shape index (κ3) is 9.61. The minimum atomic E-state index is -0.383. The minimum Gasteiger partial charge on any atom is -0.458 e. The molecule has 0 bridgehead atoms. The summed E-state index contributed by atoms with van der Waals surface area (Å²) in [5.41, 5.74) is 13.1. The number of hydrogen-bond acceptors (Lipinski definition) is 2. The third-order valence-electron chi connectivity index (χ3n) is 14.8. The molecule has 0 unspecified atom stereocenters. The molecule has 0 atom stereocenters. The van der Waals surface area contributed by atoms with Crippen LogP contribution in [0, 0.1) is 6.33 Å². The fourth-order valence-electron chi connectivity index (χ4n) is 9.83. The lowest BCUT2D eigenvalue weighted by Gasteiger charge is -2.29. The second kappa shape index (κ2) is 17.5. The molecule has 0 fully saturated rings. The fraction of sp³-hybridized carbons (Fsp3) is 0.333. The monoisotopic (exact) mass is 939 g/mol. The number of ether oxygens (including phenoxy) is 1. The molecule has 5 nitrogen and oxygen atoms in total. The summed E-state index contributed by atoms with van der Waals surface area (Å²) in [6, 6.07) is 53.2. The summed E-state index contributed by atoms with van der Waals surface area (Å²) in [6.45, 7) is 36.6. The number of rotatable bonds is 9. The molecule has 5 heteroatoms. The predicted molar refractivity (Wildman–Crippen MR) is 297 cm³/mol. The van der Waals surface area contributed by atoms with Crippen molar-refractivity contribution in [1.29, 1.82) is 0 Å². The molecule has 6 aromatic carbocycles. The number of fused-ring (bicyclic) bond motifs is 3. The van der Waals surface area contributed by atoms with Gasteiger partial charge >= 0.3 is 0 Å². The summed E-state index contributed by atoms with van der Waals surface area (Å²) >= 11 is 0. The Labute approximate surface area is 424 Å². The standard InChI is InChI=1S/C66H74N4O/c1-61(2,3)46-27-30-57-56(38-46)55-29-28-53(41-58(55)70(57)60-39-47(31-32-67-60)62(4,5)6)71-54-37-50(65(13,14)44-23-19-17-20-24-44)36-51(40-54)68-42-59(66(15,16)45-25-21-18-22-26-45)69(43-68)52-34-48(63(7,8)9)33-49(35-52)64(10,11)12/h17-42H,1-16H3. The van der Waals surface area contributed by atoms with Gasteiger partial charge in [-0.15, -0.1) is 0 Å². The molecule has 0 saturated carbocycles. The van der Waals surface area contributed by atoms with Crippen molar-refractivity contribution < 1.29 is 9.30 Å². The maximum atomic E-state index is 7.16. The molecule has 364 valence electrons. The van der Waals surface area contributed by atoms with Gasteiger partial charge in [-0.2, -0.15) is 0 Å². The van der Waals surface area contributed by atoms with Gasteiger partial charge in [0.05, 0.1) is 28.1 Å². The second-order valence-electron chi connectivity index (χ2n) is 25.0. The fourth-order valence-corrected chi connectivity index (χ4v) is 9.83. The van der Waals surface area contributed by atoms with Crippen LogP contribution in [0.25, 0.3) is 39.0 Å². The Morgan fingerprint density at radius 3 is 1.61 bits per heavy atom. The largest absolute Gasteiger partial charge is 0.458 e. The van der Waals surface area contributed by atoms with Crippen LogP contribution in [-0.4, -0.2) is 14.1 Å². The lowest BCUT2D eigenvalue weighted by Crippen LogP contribution is -2.41. The van der Waals surface area contributed by atoms with Crippen molar-refractivity contribution in [3.8, 4) is 28.7 Å². The zero-order valence-electron chi connectivity index (χ0n) is 45.2. The van der Waals surface area contributed by atoms with Crippen molar-refractivity contribution in [2.24, 2.45) is 0 Å². The van der Waals surface area contributed by atoms with E-state index in [0.717, 1.165) is 56.4 Å². The molecular formula is C66H74N4O. The summed E-state index contributed by atoms with van der Waals surface area (Å²) < 4.78 is 13.9. The van der Waals surface area contributed by atoms with Crippen LogP contribution >= 0.6 is 0 Å². The van der Waals surface area contributed by atoms with Crippen molar-refractivity contribution in [2.75, 3.05) is 0 Å². The van der Waals surface area contributed by atoms with E-state index in [4.69, 9.17) is 9.72 Å². The van der Waals surface area contributed by atoms with Crippen LogP contribution < -0.4 is 9.30 Å². The Balaban J connectivity index is 1.26. The highest BCUT2D eigenvalue weighted by molar-refractivity contribution is 6.09. The van der Waals surface area contributed by atoms with Crippen LogP contribution in [0.4, 0.5) is 0 Å². The predicted octanol–water partition coefficient (Wildman–Crippen LogP) is 16.7. The van der Waals surface area contributed by atoms with E-state index in [-0.39, 0.29) is 32.5 Å². The lowest BCUT2D eigenvalue weighted by molar-refractivity contribution is -0.611. The lowest BCUT2D eigenvalue weighted by atomic mass is 9.78. The normalized spacial score (nSPS) is 13.1. The quantitative estimate of drug-likeness (QED) is 0.107. The number of aromatic nitrogens is 4. The van der Waals surface area contributed by atoms with Gasteiger partial charge in [0.15, 0.2) is 0 Å². The van der Waals surface area contributed by atoms with Gasteiger partial charge in [0.2, 0.25) is 0 Å². The van der Waals surface area contributed by atoms with Crippen molar-refractivity contribution in [2.45, 2.75) is 143 Å². The van der Waals surface area contributed by atoms with Crippen molar-refractivity contribution in [3.63, 3.8) is 0 Å². The van der Waals surface area contributed by atoms with Gasteiger partial charge in [0.25, 0.3) is 6.33 Å². The van der Waals surface area contributed by atoms with Gasteiger partial charge in [-0.3, -0.25) is 13.7 Å². The molecule has 0 radical (unpaired) electrons. The molecule has 3 heterocycles. The average Bonchev–Trinajstić information content (AvgIpc) is 3.92. The van der Waals surface area contributed by atoms with Gasteiger partial charge in [-0.25, -0.2) is 4.98 Å². The highest BCUT2D eigenvalue weighted by Crippen LogP contribution is 2.41. The highest BCUT2D eigenvalue weighted by atomic mass is 16.5. The Hall–Kier alpha value is -6.72. The Kier molecular flexibility index (Phi) is 12.2. The molecule has 71 heavy (non-hydrogen) atoms. The summed E-state index contributed by atoms with van der Waals surface area (Å²) in [5, 5.41) is 2.36. The van der Waals surface area contributed by atoms with E-state index in [1.165, 1.54) is 38.8 Å². The summed E-state index contributed by atoms with van der Waals surface area (Å²) in [4.78, 5) is 5.01. The topological polar surface area (TPSA) is 35.9 Å². The molecule has 3 aromatic heterocycles. The van der Waals surface area contributed by atoms with E-state index in [2.05, 4.69) is 283 Å². The molecular weight excluding hydrogens is 865 g/mol. The van der Waals surface area contributed by atoms with Crippen molar-refractivity contribution in [3.05, 3.63) is 209 Å². The van der Waals surface area contributed by atoms with Gasteiger partial charge in [0.1, 0.15) is 17.3 Å². The maximum absolute atomic E-state index is 7.16. The van der Waals surface area contributed by atoms with E-state index in [1.807, 2.05) is 6.20 Å². The summed E-state index contributed by atoms with van der Waals surface area (Å²) in [5.74, 6) is 2.38. The van der Waals surface area contributed by atoms with Crippen LogP contribution in [0.2, 0.25) is 0 Å². The third-order valence-corrected chi connectivity index (χ3v) is 14.8. The van der Waals surface area contributed by atoms with Crippen LogP contribution in [0.3, 0.4) is 0 Å². The first-order valence-electron chi connectivity index (χ1n) is 25.4. The van der Waals surface area contributed by atoms with Gasteiger partial charge in [0, 0.05) is 40.1 Å². The molecule has 0 aliphatic rings. The molecule has 9 aromatic rings. The van der Waals surface area contributed by atoms with Crippen LogP contribution in [-0.2, 0) is 32.5 Å². The first kappa shape index (κ1) is 49.3. The summed E-state index contributed by atoms with van der Waals surface area (Å²) in [7, 11) is 0. The van der Waals surface area contributed by atoms with E-state index >= 15 is 0 Å². The number of hydrogen-bond donors (Lipinski definition) is 0. The zero-order chi connectivity index (χ0) is 51.1. The maximum Gasteiger partial charge on any atom is 0.269 e. The van der Waals surface area contributed by atoms with Gasteiger partial charge < -0.3 is 4.74 Å². The van der Waals surface area contributed by atoms with E-state index in [0.29, 0.717) is 0 Å². The number of nitrogens with zero attached hydrogens (tertiary/aromatic N) is 4. The number of pyridine rings is 1. The Morgan fingerprint density at radius 2 is 1.01 bits per heavy atom. The molecule has 0 spiro atoms. The minimum absolute atomic E-state index is 0.00731. The molecule has 0 aliphatic heterocycles.